The lowest BCUT2D eigenvalue weighted by molar-refractivity contribution is -0.126. The highest BCUT2D eigenvalue weighted by Gasteiger charge is 2.45. The number of carbonyl (C=O) groups is 1. The van der Waals surface area contributed by atoms with Crippen LogP contribution in [-0.4, -0.2) is 5.78 Å². The maximum absolute atomic E-state index is 12.0. The molecule has 0 saturated heterocycles. The van der Waals surface area contributed by atoms with Crippen LogP contribution in [-0.2, 0) is 4.79 Å². The molecule has 78 valence electrons. The first-order chi connectivity index (χ1) is 6.63. The molecule has 0 heterocycles. The summed E-state index contributed by atoms with van der Waals surface area (Å²) in [4.78, 5) is 12.0. The van der Waals surface area contributed by atoms with Crippen molar-refractivity contribution in [2.45, 2.75) is 40.0 Å². The second kappa shape index (κ2) is 3.52. The number of allylic oxidation sites excluding steroid dienone is 2. The molecule has 14 heavy (non-hydrogen) atoms. The zero-order chi connectivity index (χ0) is 10.3. The van der Waals surface area contributed by atoms with Crippen LogP contribution in [0.3, 0.4) is 0 Å². The predicted molar refractivity (Wildman–Crippen MR) is 57.9 cm³/mol. The summed E-state index contributed by atoms with van der Waals surface area (Å²) in [5.41, 5.74) is 1.56. The van der Waals surface area contributed by atoms with Crippen LogP contribution in [0.15, 0.2) is 11.6 Å². The minimum Gasteiger partial charge on any atom is -0.299 e. The molecule has 2 aliphatic carbocycles. The third-order valence-electron chi connectivity index (χ3n) is 3.97. The maximum Gasteiger partial charge on any atom is 0.139 e. The van der Waals surface area contributed by atoms with E-state index in [1.165, 1.54) is 19.3 Å². The van der Waals surface area contributed by atoms with Crippen LogP contribution in [0.2, 0.25) is 0 Å². The Labute approximate surface area is 86.6 Å². The van der Waals surface area contributed by atoms with Crippen LogP contribution in [0.25, 0.3) is 0 Å². The monoisotopic (exact) mass is 192 g/mol. The van der Waals surface area contributed by atoms with Gasteiger partial charge < -0.3 is 0 Å². The molecule has 0 aromatic heterocycles. The van der Waals surface area contributed by atoms with E-state index in [4.69, 9.17) is 0 Å². The summed E-state index contributed by atoms with van der Waals surface area (Å²) < 4.78 is 0. The summed E-state index contributed by atoms with van der Waals surface area (Å²) >= 11 is 0. The minimum atomic E-state index is 0.220. The maximum atomic E-state index is 12.0. The highest BCUT2D eigenvalue weighted by Crippen LogP contribution is 2.52. The lowest BCUT2D eigenvalue weighted by atomic mass is 9.79. The molecule has 0 aromatic rings. The van der Waals surface area contributed by atoms with Crippen LogP contribution in [0.5, 0.6) is 0 Å². The predicted octanol–water partition coefficient (Wildman–Crippen LogP) is 3.20. The molecule has 3 atom stereocenters. The molecule has 0 aliphatic heterocycles. The number of hydrogen-bond acceptors (Lipinski definition) is 1. The Morgan fingerprint density at radius 3 is 2.64 bits per heavy atom. The molecule has 0 aromatic carbocycles. The lowest BCUT2D eigenvalue weighted by Crippen LogP contribution is -2.26. The van der Waals surface area contributed by atoms with Crippen molar-refractivity contribution in [2.75, 3.05) is 0 Å². The summed E-state index contributed by atoms with van der Waals surface area (Å²) in [6.07, 6.45) is 5.95. The fourth-order valence-electron chi connectivity index (χ4n) is 3.28. The number of carbonyl (C=O) groups excluding carboxylic acids is 1. The Morgan fingerprint density at radius 2 is 2.14 bits per heavy atom. The largest absolute Gasteiger partial charge is 0.299 e. The van der Waals surface area contributed by atoms with Gasteiger partial charge in [-0.15, -0.1) is 0 Å². The van der Waals surface area contributed by atoms with Gasteiger partial charge in [-0.2, -0.15) is 0 Å². The number of rotatable bonds is 2. The van der Waals surface area contributed by atoms with Gasteiger partial charge in [0.2, 0.25) is 0 Å². The molecule has 3 unspecified atom stereocenters. The van der Waals surface area contributed by atoms with Crippen molar-refractivity contribution in [1.82, 2.24) is 0 Å². The Morgan fingerprint density at radius 1 is 1.43 bits per heavy atom. The first kappa shape index (κ1) is 9.95. The fourth-order valence-corrected chi connectivity index (χ4v) is 3.28. The summed E-state index contributed by atoms with van der Waals surface area (Å²) in [6, 6.07) is 0. The molecular weight excluding hydrogens is 172 g/mol. The van der Waals surface area contributed by atoms with Gasteiger partial charge in [-0.1, -0.05) is 25.5 Å². The van der Waals surface area contributed by atoms with Crippen molar-refractivity contribution in [3.63, 3.8) is 0 Å². The van der Waals surface area contributed by atoms with Gasteiger partial charge in [-0.05, 0) is 38.0 Å². The first-order valence-electron chi connectivity index (χ1n) is 5.82. The Balaban J connectivity index is 2.14. The molecule has 2 fully saturated rings. The molecule has 0 N–H and O–H groups in total. The zero-order valence-electron chi connectivity index (χ0n) is 9.42. The van der Waals surface area contributed by atoms with Crippen molar-refractivity contribution in [3.8, 4) is 0 Å². The van der Waals surface area contributed by atoms with E-state index in [-0.39, 0.29) is 5.92 Å². The van der Waals surface area contributed by atoms with E-state index in [2.05, 4.69) is 13.0 Å². The molecule has 2 aliphatic rings. The summed E-state index contributed by atoms with van der Waals surface area (Å²) in [5, 5.41) is 0. The molecule has 1 heteroatoms. The van der Waals surface area contributed by atoms with Gasteiger partial charge in [-0.25, -0.2) is 0 Å². The van der Waals surface area contributed by atoms with E-state index >= 15 is 0 Å². The van der Waals surface area contributed by atoms with E-state index < -0.39 is 0 Å². The normalized spacial score (nSPS) is 38.6. The zero-order valence-corrected chi connectivity index (χ0v) is 9.42. The third-order valence-corrected chi connectivity index (χ3v) is 3.97. The van der Waals surface area contributed by atoms with Gasteiger partial charge in [-0.3, -0.25) is 4.79 Å². The van der Waals surface area contributed by atoms with Crippen molar-refractivity contribution in [3.05, 3.63) is 11.6 Å². The van der Waals surface area contributed by atoms with Crippen molar-refractivity contribution in [1.29, 1.82) is 0 Å². The molecular formula is C13H20O. The number of hydrogen-bond donors (Lipinski definition) is 0. The average molecular weight is 192 g/mol. The van der Waals surface area contributed by atoms with Gasteiger partial charge in [0.15, 0.2) is 0 Å². The number of ketones is 1. The van der Waals surface area contributed by atoms with Crippen LogP contribution < -0.4 is 0 Å². The van der Waals surface area contributed by atoms with E-state index in [1.807, 2.05) is 13.8 Å². The van der Waals surface area contributed by atoms with E-state index in [1.54, 1.807) is 5.57 Å². The SMILES string of the molecule is CC=C1CC2CC(C(=O)C(C)C)C1C2. The second-order valence-electron chi connectivity index (χ2n) is 5.18. The van der Waals surface area contributed by atoms with Crippen molar-refractivity contribution < 1.29 is 4.79 Å². The van der Waals surface area contributed by atoms with Crippen LogP contribution in [0.1, 0.15) is 40.0 Å². The van der Waals surface area contributed by atoms with Crippen LogP contribution in [0, 0.1) is 23.7 Å². The average Bonchev–Trinajstić information content (AvgIpc) is 2.74. The highest BCUT2D eigenvalue weighted by atomic mass is 16.1. The number of Topliss-reactive ketones (excluding diaryl/α,β-unsaturated/α-hetero) is 1. The standard InChI is InChI=1S/C13H20O/c1-4-10-5-9-6-11(10)12(7-9)13(14)8(2)3/h4,8-9,11-12H,5-7H2,1-3H3. The van der Waals surface area contributed by atoms with E-state index in [9.17, 15) is 4.79 Å². The first-order valence-corrected chi connectivity index (χ1v) is 5.82. The molecule has 1 nitrogen and oxygen atoms in total. The summed E-state index contributed by atoms with van der Waals surface area (Å²) in [7, 11) is 0. The Kier molecular flexibility index (Phi) is 2.50. The fraction of sp³-hybridized carbons (Fsp3) is 0.769. The smallest absolute Gasteiger partial charge is 0.139 e. The Bertz CT molecular complexity index is 275. The van der Waals surface area contributed by atoms with Gasteiger partial charge in [0.25, 0.3) is 0 Å². The lowest BCUT2D eigenvalue weighted by Gasteiger charge is -2.24. The molecule has 0 radical (unpaired) electrons. The van der Waals surface area contributed by atoms with Gasteiger partial charge >= 0.3 is 0 Å². The third kappa shape index (κ3) is 1.43. The molecule has 2 bridgehead atoms. The topological polar surface area (TPSA) is 17.1 Å². The second-order valence-corrected chi connectivity index (χ2v) is 5.18. The summed E-state index contributed by atoms with van der Waals surface area (Å²) in [5.74, 6) is 2.51. The minimum absolute atomic E-state index is 0.220. The van der Waals surface area contributed by atoms with Crippen LogP contribution >= 0.6 is 0 Å². The molecule has 0 spiro atoms. The number of fused-ring (bicyclic) bond motifs is 2. The van der Waals surface area contributed by atoms with Gasteiger partial charge in [0, 0.05) is 11.8 Å². The van der Waals surface area contributed by atoms with Crippen molar-refractivity contribution >= 4 is 5.78 Å². The van der Waals surface area contributed by atoms with E-state index in [0.29, 0.717) is 17.6 Å². The molecule has 2 rings (SSSR count). The van der Waals surface area contributed by atoms with Gasteiger partial charge in [0.05, 0.1) is 0 Å². The van der Waals surface area contributed by atoms with Gasteiger partial charge in [0.1, 0.15) is 5.78 Å². The molecule has 2 saturated carbocycles. The van der Waals surface area contributed by atoms with E-state index in [0.717, 1.165) is 5.92 Å². The highest BCUT2D eigenvalue weighted by molar-refractivity contribution is 5.84. The molecule has 0 amide bonds. The van der Waals surface area contributed by atoms with Crippen molar-refractivity contribution in [2.24, 2.45) is 23.7 Å². The quantitative estimate of drug-likeness (QED) is 0.614. The van der Waals surface area contributed by atoms with Crippen LogP contribution in [0.4, 0.5) is 0 Å². The Hall–Kier alpha value is -0.590. The summed E-state index contributed by atoms with van der Waals surface area (Å²) in [6.45, 7) is 6.18.